The minimum Gasteiger partial charge on any atom is -0.380 e. The third kappa shape index (κ3) is 7.12. The lowest BCUT2D eigenvalue weighted by atomic mass is 9.69. The third-order valence-corrected chi connectivity index (χ3v) is 4.83. The van der Waals surface area contributed by atoms with Crippen LogP contribution in [0.3, 0.4) is 0 Å². The lowest BCUT2D eigenvalue weighted by molar-refractivity contribution is 0.0571. The van der Waals surface area contributed by atoms with Crippen molar-refractivity contribution in [3.8, 4) is 0 Å². The molecule has 0 heterocycles. The van der Waals surface area contributed by atoms with Crippen molar-refractivity contribution >= 4 is 0 Å². The summed E-state index contributed by atoms with van der Waals surface area (Å²) in [5, 5.41) is 3.72. The molecule has 3 nitrogen and oxygen atoms in total. The number of hydrogen-bond donors (Lipinski definition) is 1. The molecule has 0 aliphatic heterocycles. The largest absolute Gasteiger partial charge is 0.380 e. The summed E-state index contributed by atoms with van der Waals surface area (Å²) in [6, 6.07) is 0.581. The Labute approximate surface area is 132 Å². The number of nitrogens with zero attached hydrogens (tertiary/aromatic N) is 1. The second-order valence-corrected chi connectivity index (χ2v) is 7.30. The van der Waals surface area contributed by atoms with E-state index in [1.165, 1.54) is 38.8 Å². The van der Waals surface area contributed by atoms with Gasteiger partial charge in [0.15, 0.2) is 0 Å². The molecule has 1 aliphatic carbocycles. The second kappa shape index (κ2) is 9.81. The van der Waals surface area contributed by atoms with E-state index in [0.717, 1.165) is 32.2 Å². The predicted molar refractivity (Wildman–Crippen MR) is 91.8 cm³/mol. The van der Waals surface area contributed by atoms with Gasteiger partial charge in [0, 0.05) is 32.3 Å². The molecule has 1 saturated carbocycles. The van der Waals surface area contributed by atoms with E-state index >= 15 is 0 Å². The van der Waals surface area contributed by atoms with Crippen molar-refractivity contribution in [2.45, 2.75) is 66.3 Å². The Hall–Kier alpha value is -0.120. The smallest absolute Gasteiger partial charge is 0.0593 e. The first kappa shape index (κ1) is 18.9. The van der Waals surface area contributed by atoms with Crippen LogP contribution in [0.1, 0.15) is 60.3 Å². The van der Waals surface area contributed by atoms with E-state index in [0.29, 0.717) is 11.5 Å². The van der Waals surface area contributed by atoms with Crippen LogP contribution in [0.4, 0.5) is 0 Å². The quantitative estimate of drug-likeness (QED) is 0.624. The Kier molecular flexibility index (Phi) is 8.84. The van der Waals surface area contributed by atoms with Crippen LogP contribution in [-0.2, 0) is 4.74 Å². The lowest BCUT2D eigenvalue weighted by Gasteiger charge is -2.44. The van der Waals surface area contributed by atoms with Crippen molar-refractivity contribution < 1.29 is 4.74 Å². The Balaban J connectivity index is 2.61. The van der Waals surface area contributed by atoms with Crippen LogP contribution < -0.4 is 5.32 Å². The Morgan fingerprint density at radius 1 is 1.33 bits per heavy atom. The highest BCUT2D eigenvalue weighted by molar-refractivity contribution is 4.90. The van der Waals surface area contributed by atoms with Crippen LogP contribution >= 0.6 is 0 Å². The van der Waals surface area contributed by atoms with Crippen molar-refractivity contribution in [3.05, 3.63) is 0 Å². The van der Waals surface area contributed by atoms with Crippen LogP contribution in [-0.4, -0.2) is 50.3 Å². The SMILES string of the molecule is CCOCCN(CC)CC1(CNC(C)C)CCCC(C)C1. The monoisotopic (exact) mass is 298 g/mol. The van der Waals surface area contributed by atoms with Crippen LogP contribution in [0.5, 0.6) is 0 Å². The summed E-state index contributed by atoms with van der Waals surface area (Å²) < 4.78 is 5.55. The van der Waals surface area contributed by atoms with Crippen molar-refractivity contribution in [2.24, 2.45) is 11.3 Å². The molecule has 21 heavy (non-hydrogen) atoms. The van der Waals surface area contributed by atoms with Crippen molar-refractivity contribution in [2.75, 3.05) is 39.4 Å². The topological polar surface area (TPSA) is 24.5 Å². The van der Waals surface area contributed by atoms with Gasteiger partial charge >= 0.3 is 0 Å². The summed E-state index contributed by atoms with van der Waals surface area (Å²) in [5.41, 5.74) is 0.462. The molecule has 1 aliphatic rings. The van der Waals surface area contributed by atoms with E-state index in [4.69, 9.17) is 4.74 Å². The van der Waals surface area contributed by atoms with E-state index in [2.05, 4.69) is 44.8 Å². The molecule has 0 aromatic rings. The summed E-state index contributed by atoms with van der Waals surface area (Å²) in [4.78, 5) is 2.59. The highest BCUT2D eigenvalue weighted by Gasteiger charge is 2.36. The van der Waals surface area contributed by atoms with Crippen LogP contribution in [0.2, 0.25) is 0 Å². The number of hydrogen-bond acceptors (Lipinski definition) is 3. The minimum absolute atomic E-state index is 0.462. The van der Waals surface area contributed by atoms with E-state index < -0.39 is 0 Å². The Bertz CT molecular complexity index is 270. The fraction of sp³-hybridized carbons (Fsp3) is 1.00. The number of rotatable bonds is 10. The molecule has 1 rings (SSSR count). The first-order valence-corrected chi connectivity index (χ1v) is 9.05. The van der Waals surface area contributed by atoms with Gasteiger partial charge in [-0.05, 0) is 37.6 Å². The Morgan fingerprint density at radius 3 is 2.67 bits per heavy atom. The normalized spacial score (nSPS) is 26.7. The standard InChI is InChI=1S/C18H38N2O/c1-6-20(11-12-21-7-2)15-18(14-19-16(3)4)10-8-9-17(5)13-18/h16-17,19H,6-15H2,1-5H3. The molecule has 3 heteroatoms. The maximum absolute atomic E-state index is 5.55. The van der Waals surface area contributed by atoms with Crippen LogP contribution in [0.15, 0.2) is 0 Å². The number of likely N-dealkylation sites (N-methyl/N-ethyl adjacent to an activating group) is 1. The van der Waals surface area contributed by atoms with Gasteiger partial charge in [-0.1, -0.05) is 40.5 Å². The third-order valence-electron chi connectivity index (χ3n) is 4.83. The molecule has 0 aromatic carbocycles. The zero-order chi connectivity index (χ0) is 15.7. The van der Waals surface area contributed by atoms with E-state index in [1.807, 2.05) is 0 Å². The average Bonchev–Trinajstić information content (AvgIpc) is 2.44. The van der Waals surface area contributed by atoms with Gasteiger partial charge in [-0.2, -0.15) is 0 Å². The van der Waals surface area contributed by atoms with Crippen molar-refractivity contribution in [1.82, 2.24) is 10.2 Å². The summed E-state index contributed by atoms with van der Waals surface area (Å²) in [6.45, 7) is 17.6. The number of ether oxygens (including phenoxy) is 1. The summed E-state index contributed by atoms with van der Waals surface area (Å²) in [7, 11) is 0. The zero-order valence-corrected chi connectivity index (χ0v) is 15.1. The maximum Gasteiger partial charge on any atom is 0.0593 e. The molecule has 0 radical (unpaired) electrons. The molecular weight excluding hydrogens is 260 g/mol. The van der Waals surface area contributed by atoms with Gasteiger partial charge in [0.1, 0.15) is 0 Å². The first-order chi connectivity index (χ1) is 10.0. The van der Waals surface area contributed by atoms with Crippen molar-refractivity contribution in [3.63, 3.8) is 0 Å². The summed E-state index contributed by atoms with van der Waals surface area (Å²) in [6.07, 6.45) is 5.55. The molecule has 1 N–H and O–H groups in total. The van der Waals surface area contributed by atoms with Crippen LogP contribution in [0.25, 0.3) is 0 Å². The first-order valence-electron chi connectivity index (χ1n) is 9.05. The second-order valence-electron chi connectivity index (χ2n) is 7.30. The molecule has 0 bridgehead atoms. The van der Waals surface area contributed by atoms with Gasteiger partial charge in [0.25, 0.3) is 0 Å². The van der Waals surface area contributed by atoms with Crippen molar-refractivity contribution in [1.29, 1.82) is 0 Å². The average molecular weight is 299 g/mol. The van der Waals surface area contributed by atoms with E-state index in [9.17, 15) is 0 Å². The molecular formula is C18H38N2O. The summed E-state index contributed by atoms with van der Waals surface area (Å²) >= 11 is 0. The molecule has 1 fully saturated rings. The molecule has 2 atom stereocenters. The van der Waals surface area contributed by atoms with Gasteiger partial charge in [-0.3, -0.25) is 0 Å². The van der Waals surface area contributed by atoms with E-state index in [1.54, 1.807) is 0 Å². The van der Waals surface area contributed by atoms with E-state index in [-0.39, 0.29) is 0 Å². The molecule has 0 aromatic heterocycles. The van der Waals surface area contributed by atoms with Crippen LogP contribution in [0, 0.1) is 11.3 Å². The molecule has 0 saturated heterocycles. The maximum atomic E-state index is 5.55. The predicted octanol–water partition coefficient (Wildman–Crippen LogP) is 3.54. The zero-order valence-electron chi connectivity index (χ0n) is 15.1. The lowest BCUT2D eigenvalue weighted by Crippen LogP contribution is -2.48. The van der Waals surface area contributed by atoms with Gasteiger partial charge < -0.3 is 15.0 Å². The van der Waals surface area contributed by atoms with Gasteiger partial charge in [0.2, 0.25) is 0 Å². The van der Waals surface area contributed by atoms with Gasteiger partial charge in [-0.15, -0.1) is 0 Å². The molecule has 126 valence electrons. The van der Waals surface area contributed by atoms with Gasteiger partial charge in [0.05, 0.1) is 6.61 Å². The Morgan fingerprint density at radius 2 is 2.10 bits per heavy atom. The minimum atomic E-state index is 0.462. The highest BCUT2D eigenvalue weighted by atomic mass is 16.5. The fourth-order valence-electron chi connectivity index (χ4n) is 3.71. The summed E-state index contributed by atoms with van der Waals surface area (Å²) in [5.74, 6) is 0.873. The fourth-order valence-corrected chi connectivity index (χ4v) is 3.71. The van der Waals surface area contributed by atoms with Gasteiger partial charge in [-0.25, -0.2) is 0 Å². The molecule has 0 spiro atoms. The highest BCUT2D eigenvalue weighted by Crippen LogP contribution is 2.39. The molecule has 0 amide bonds. The number of nitrogens with one attached hydrogen (secondary N) is 1. The molecule has 2 unspecified atom stereocenters.